The van der Waals surface area contributed by atoms with Crippen molar-refractivity contribution in [2.75, 3.05) is 13.7 Å². The summed E-state index contributed by atoms with van der Waals surface area (Å²) in [4.78, 5) is 24.9. The van der Waals surface area contributed by atoms with Crippen molar-refractivity contribution in [2.24, 2.45) is 5.92 Å². The lowest BCUT2D eigenvalue weighted by atomic mass is 10.1. The molecule has 0 rings (SSSR count). The van der Waals surface area contributed by atoms with Crippen molar-refractivity contribution in [1.82, 2.24) is 4.90 Å². The molecule has 0 radical (unpaired) electrons. The Morgan fingerprint density at radius 2 is 1.82 bits per heavy atom. The van der Waals surface area contributed by atoms with Crippen LogP contribution in [0.5, 0.6) is 0 Å². The van der Waals surface area contributed by atoms with Gasteiger partial charge in [0.05, 0.1) is 13.5 Å². The fraction of sp³-hybridized carbons (Fsp3) is 0.846. The zero-order valence-electron chi connectivity index (χ0n) is 11.7. The molecule has 4 heteroatoms. The Kier molecular flexibility index (Phi) is 7.59. The zero-order chi connectivity index (χ0) is 13.4. The molecule has 1 amide bonds. The van der Waals surface area contributed by atoms with Crippen LogP contribution in [0.2, 0.25) is 0 Å². The third-order valence-electron chi connectivity index (χ3n) is 2.81. The van der Waals surface area contributed by atoms with Gasteiger partial charge in [0.2, 0.25) is 5.91 Å². The van der Waals surface area contributed by atoms with Gasteiger partial charge < -0.3 is 9.64 Å². The van der Waals surface area contributed by atoms with E-state index in [1.165, 1.54) is 7.11 Å². The summed E-state index contributed by atoms with van der Waals surface area (Å²) in [7, 11) is 1.37. The largest absolute Gasteiger partial charge is 0.469 e. The molecular formula is C13H25NO3. The molecule has 100 valence electrons. The maximum Gasteiger partial charge on any atom is 0.307 e. The van der Waals surface area contributed by atoms with E-state index < -0.39 is 0 Å². The second-order valence-corrected chi connectivity index (χ2v) is 4.77. The number of carbonyl (C=O) groups is 2. The lowest BCUT2D eigenvalue weighted by Gasteiger charge is -2.29. The lowest BCUT2D eigenvalue weighted by Crippen LogP contribution is -2.40. The molecule has 0 fully saturated rings. The van der Waals surface area contributed by atoms with Gasteiger partial charge in [-0.25, -0.2) is 0 Å². The highest BCUT2D eigenvalue weighted by molar-refractivity contribution is 5.77. The van der Waals surface area contributed by atoms with Crippen molar-refractivity contribution in [3.05, 3.63) is 0 Å². The zero-order valence-corrected chi connectivity index (χ0v) is 11.7. The number of nitrogens with zero attached hydrogens (tertiary/aromatic N) is 1. The van der Waals surface area contributed by atoms with Crippen LogP contribution in [0.25, 0.3) is 0 Å². The van der Waals surface area contributed by atoms with E-state index in [2.05, 4.69) is 4.74 Å². The minimum atomic E-state index is -0.268. The first-order chi connectivity index (χ1) is 7.92. The summed E-state index contributed by atoms with van der Waals surface area (Å²) in [6, 6.07) is 0.172. The monoisotopic (exact) mass is 243 g/mol. The van der Waals surface area contributed by atoms with E-state index in [9.17, 15) is 9.59 Å². The molecule has 0 aromatic carbocycles. The predicted octanol–water partition coefficient (Wildman–Crippen LogP) is 2.22. The molecule has 1 unspecified atom stereocenters. The number of carbonyl (C=O) groups excluding carboxylic acids is 2. The van der Waals surface area contributed by atoms with Crippen LogP contribution in [-0.4, -0.2) is 36.5 Å². The number of esters is 1. The van der Waals surface area contributed by atoms with Gasteiger partial charge in [-0.1, -0.05) is 20.8 Å². The van der Waals surface area contributed by atoms with Gasteiger partial charge in [0.25, 0.3) is 0 Å². The van der Waals surface area contributed by atoms with Crippen LogP contribution in [0.4, 0.5) is 0 Å². The molecule has 0 aliphatic rings. The van der Waals surface area contributed by atoms with Gasteiger partial charge in [-0.05, 0) is 19.3 Å². The van der Waals surface area contributed by atoms with E-state index >= 15 is 0 Å². The van der Waals surface area contributed by atoms with Gasteiger partial charge in [-0.2, -0.15) is 0 Å². The number of methoxy groups -OCH3 is 1. The van der Waals surface area contributed by atoms with Crippen LogP contribution >= 0.6 is 0 Å². The number of hydrogen-bond acceptors (Lipinski definition) is 3. The standard InChI is InChI=1S/C13H25NO3/c1-6-11(4)14(8-7-13(16)17-5)12(15)9-10(2)3/h10-11H,6-9H2,1-5H3. The van der Waals surface area contributed by atoms with Crippen molar-refractivity contribution in [3.63, 3.8) is 0 Å². The van der Waals surface area contributed by atoms with Gasteiger partial charge in [0.15, 0.2) is 0 Å². The summed E-state index contributed by atoms with van der Waals surface area (Å²) >= 11 is 0. The van der Waals surface area contributed by atoms with Crippen molar-refractivity contribution < 1.29 is 14.3 Å². The number of ether oxygens (including phenoxy) is 1. The fourth-order valence-corrected chi connectivity index (χ4v) is 1.59. The van der Waals surface area contributed by atoms with Crippen LogP contribution in [0, 0.1) is 5.92 Å². The highest BCUT2D eigenvalue weighted by Crippen LogP contribution is 2.11. The maximum atomic E-state index is 12.0. The Bertz CT molecular complexity index is 251. The molecule has 0 aromatic heterocycles. The highest BCUT2D eigenvalue weighted by Gasteiger charge is 2.20. The first-order valence-corrected chi connectivity index (χ1v) is 6.28. The lowest BCUT2D eigenvalue weighted by molar-refractivity contribution is -0.142. The van der Waals surface area contributed by atoms with Gasteiger partial charge in [0, 0.05) is 19.0 Å². The minimum absolute atomic E-state index is 0.123. The quantitative estimate of drug-likeness (QED) is 0.644. The molecular weight excluding hydrogens is 218 g/mol. The topological polar surface area (TPSA) is 46.6 Å². The maximum absolute atomic E-state index is 12.0. The molecule has 0 bridgehead atoms. The number of amides is 1. The Morgan fingerprint density at radius 3 is 2.24 bits per heavy atom. The first kappa shape index (κ1) is 15.9. The molecule has 0 aliphatic heterocycles. The second kappa shape index (κ2) is 8.09. The van der Waals surface area contributed by atoms with E-state index in [1.54, 1.807) is 4.90 Å². The van der Waals surface area contributed by atoms with Crippen molar-refractivity contribution in [2.45, 2.75) is 53.0 Å². The minimum Gasteiger partial charge on any atom is -0.469 e. The Balaban J connectivity index is 4.42. The summed E-state index contributed by atoms with van der Waals surface area (Å²) < 4.78 is 4.60. The molecule has 1 atom stereocenters. The Labute approximate surface area is 104 Å². The van der Waals surface area contributed by atoms with Gasteiger partial charge >= 0.3 is 5.97 Å². The van der Waals surface area contributed by atoms with Gasteiger partial charge in [-0.15, -0.1) is 0 Å². The van der Waals surface area contributed by atoms with Gasteiger partial charge in [-0.3, -0.25) is 9.59 Å². The molecule has 0 spiro atoms. The van der Waals surface area contributed by atoms with Crippen LogP contribution in [-0.2, 0) is 14.3 Å². The Morgan fingerprint density at radius 1 is 1.24 bits per heavy atom. The van der Waals surface area contributed by atoms with E-state index in [-0.39, 0.29) is 24.3 Å². The van der Waals surface area contributed by atoms with Crippen LogP contribution in [0.3, 0.4) is 0 Å². The van der Waals surface area contributed by atoms with Crippen LogP contribution in [0.15, 0.2) is 0 Å². The summed E-state index contributed by atoms with van der Waals surface area (Å²) in [6.45, 7) is 8.54. The molecule has 17 heavy (non-hydrogen) atoms. The van der Waals surface area contributed by atoms with Crippen LogP contribution in [0.1, 0.15) is 47.0 Å². The van der Waals surface area contributed by atoms with E-state index in [0.29, 0.717) is 18.9 Å². The molecule has 0 aromatic rings. The third-order valence-corrected chi connectivity index (χ3v) is 2.81. The fourth-order valence-electron chi connectivity index (χ4n) is 1.59. The smallest absolute Gasteiger partial charge is 0.307 e. The highest BCUT2D eigenvalue weighted by atomic mass is 16.5. The third kappa shape index (κ3) is 6.29. The number of hydrogen-bond donors (Lipinski definition) is 0. The molecule has 4 nitrogen and oxygen atoms in total. The first-order valence-electron chi connectivity index (χ1n) is 6.28. The summed E-state index contributed by atoms with van der Waals surface area (Å²) in [5.74, 6) is 0.195. The average Bonchev–Trinajstić information content (AvgIpc) is 2.27. The Hall–Kier alpha value is -1.06. The normalized spacial score (nSPS) is 12.4. The number of rotatable bonds is 7. The van der Waals surface area contributed by atoms with E-state index in [0.717, 1.165) is 6.42 Å². The SMILES string of the molecule is CCC(C)N(CCC(=O)OC)C(=O)CC(C)C. The van der Waals surface area contributed by atoms with Gasteiger partial charge in [0.1, 0.15) is 0 Å². The van der Waals surface area contributed by atoms with Crippen molar-refractivity contribution in [1.29, 1.82) is 0 Å². The molecule has 0 saturated carbocycles. The average molecular weight is 243 g/mol. The van der Waals surface area contributed by atoms with Crippen molar-refractivity contribution in [3.8, 4) is 0 Å². The van der Waals surface area contributed by atoms with E-state index in [1.807, 2.05) is 27.7 Å². The van der Waals surface area contributed by atoms with Crippen LogP contribution < -0.4 is 0 Å². The summed E-state index contributed by atoms with van der Waals surface area (Å²) in [5.41, 5.74) is 0. The predicted molar refractivity (Wildman–Crippen MR) is 67.6 cm³/mol. The summed E-state index contributed by atoms with van der Waals surface area (Å²) in [6.07, 6.45) is 1.70. The molecule has 0 saturated heterocycles. The second-order valence-electron chi connectivity index (χ2n) is 4.77. The summed E-state index contributed by atoms with van der Waals surface area (Å²) in [5, 5.41) is 0. The van der Waals surface area contributed by atoms with Crippen molar-refractivity contribution >= 4 is 11.9 Å². The molecule has 0 N–H and O–H groups in total. The molecule has 0 aliphatic carbocycles. The van der Waals surface area contributed by atoms with E-state index in [4.69, 9.17) is 0 Å². The molecule has 0 heterocycles.